The van der Waals surface area contributed by atoms with Crippen LogP contribution in [0, 0.1) is 0 Å². The first-order valence-corrected chi connectivity index (χ1v) is 5.72. The minimum atomic E-state index is -0.555. The van der Waals surface area contributed by atoms with E-state index >= 15 is 0 Å². The van der Waals surface area contributed by atoms with Crippen LogP contribution in [0.15, 0.2) is 42.9 Å². The fourth-order valence-corrected chi connectivity index (χ4v) is 1.50. The largest absolute Gasteiger partial charge is 0.392 e. The Morgan fingerprint density at radius 3 is 2.72 bits per heavy atom. The third-order valence-corrected chi connectivity index (χ3v) is 2.44. The predicted octanol–water partition coefficient (Wildman–Crippen LogP) is 0.983. The molecule has 0 aliphatic carbocycles. The van der Waals surface area contributed by atoms with Gasteiger partial charge in [0.15, 0.2) is 0 Å². The van der Waals surface area contributed by atoms with Crippen LogP contribution in [0.4, 0.5) is 0 Å². The summed E-state index contributed by atoms with van der Waals surface area (Å²) in [6.07, 6.45) is 4.73. The van der Waals surface area contributed by atoms with E-state index < -0.39 is 6.10 Å². The Labute approximate surface area is 105 Å². The molecule has 0 bridgehead atoms. The highest BCUT2D eigenvalue weighted by atomic mass is 16.3. The highest BCUT2D eigenvalue weighted by molar-refractivity contribution is 5.93. The first-order chi connectivity index (χ1) is 8.66. The standard InChI is InChI=1S/C13H15N3O2/c1-10(17)8-15-13(18)11-4-5-12(14-9-11)16-6-2-3-7-16/h2-7,9-10,17H,8H2,1H3,(H,15,18). The number of amides is 1. The van der Waals surface area contributed by atoms with Crippen molar-refractivity contribution in [1.82, 2.24) is 14.9 Å². The molecule has 2 rings (SSSR count). The molecule has 1 amide bonds. The summed E-state index contributed by atoms with van der Waals surface area (Å²) in [5.41, 5.74) is 0.478. The van der Waals surface area contributed by atoms with Gasteiger partial charge in [-0.1, -0.05) is 0 Å². The number of aliphatic hydroxyl groups is 1. The Morgan fingerprint density at radius 1 is 1.44 bits per heavy atom. The molecular weight excluding hydrogens is 230 g/mol. The zero-order valence-corrected chi connectivity index (χ0v) is 10.1. The molecule has 1 atom stereocenters. The van der Waals surface area contributed by atoms with Crippen molar-refractivity contribution in [3.8, 4) is 5.82 Å². The van der Waals surface area contributed by atoms with Gasteiger partial charge in [-0.3, -0.25) is 4.79 Å². The van der Waals surface area contributed by atoms with Crippen molar-refractivity contribution in [3.05, 3.63) is 48.4 Å². The zero-order valence-electron chi connectivity index (χ0n) is 10.1. The Bertz CT molecular complexity index is 504. The molecular formula is C13H15N3O2. The van der Waals surface area contributed by atoms with Crippen LogP contribution >= 0.6 is 0 Å². The van der Waals surface area contributed by atoms with Crippen LogP contribution in [0.2, 0.25) is 0 Å². The average molecular weight is 245 g/mol. The number of hydrogen-bond acceptors (Lipinski definition) is 3. The monoisotopic (exact) mass is 245 g/mol. The number of nitrogens with zero attached hydrogens (tertiary/aromatic N) is 2. The molecule has 0 aliphatic heterocycles. The molecule has 2 heterocycles. The van der Waals surface area contributed by atoms with Gasteiger partial charge in [0.1, 0.15) is 5.82 Å². The van der Waals surface area contributed by atoms with Crippen LogP contribution in [0.25, 0.3) is 5.82 Å². The van der Waals surface area contributed by atoms with Gasteiger partial charge in [0.25, 0.3) is 5.91 Å². The Kier molecular flexibility index (Phi) is 3.74. The van der Waals surface area contributed by atoms with E-state index in [2.05, 4.69) is 10.3 Å². The Hall–Kier alpha value is -2.14. The number of carbonyl (C=O) groups is 1. The number of aromatic nitrogens is 2. The van der Waals surface area contributed by atoms with E-state index in [1.165, 1.54) is 6.20 Å². The molecule has 0 spiro atoms. The number of nitrogens with one attached hydrogen (secondary N) is 1. The minimum absolute atomic E-state index is 0.234. The van der Waals surface area contributed by atoms with E-state index in [0.717, 1.165) is 5.82 Å². The van der Waals surface area contributed by atoms with Crippen molar-refractivity contribution in [2.45, 2.75) is 13.0 Å². The van der Waals surface area contributed by atoms with Gasteiger partial charge < -0.3 is 15.0 Å². The number of pyridine rings is 1. The van der Waals surface area contributed by atoms with Crippen LogP contribution in [0.3, 0.4) is 0 Å². The van der Waals surface area contributed by atoms with Crippen molar-refractivity contribution in [3.63, 3.8) is 0 Å². The highest BCUT2D eigenvalue weighted by Gasteiger charge is 2.07. The number of rotatable bonds is 4. The van der Waals surface area contributed by atoms with Gasteiger partial charge in [-0.25, -0.2) is 4.98 Å². The van der Waals surface area contributed by atoms with Crippen LogP contribution in [-0.4, -0.2) is 33.2 Å². The van der Waals surface area contributed by atoms with Crippen molar-refractivity contribution < 1.29 is 9.90 Å². The molecule has 5 heteroatoms. The van der Waals surface area contributed by atoms with E-state index in [1.54, 1.807) is 19.1 Å². The summed E-state index contributed by atoms with van der Waals surface area (Å²) in [6.45, 7) is 1.85. The molecule has 0 aromatic carbocycles. The van der Waals surface area contributed by atoms with Gasteiger partial charge in [-0.05, 0) is 31.2 Å². The van der Waals surface area contributed by atoms with Crippen molar-refractivity contribution in [2.24, 2.45) is 0 Å². The molecule has 94 valence electrons. The first-order valence-electron chi connectivity index (χ1n) is 5.72. The molecule has 2 N–H and O–H groups in total. The summed E-state index contributed by atoms with van der Waals surface area (Å²) in [7, 11) is 0. The second kappa shape index (κ2) is 5.46. The van der Waals surface area contributed by atoms with Crippen LogP contribution in [0.5, 0.6) is 0 Å². The normalized spacial score (nSPS) is 12.1. The summed E-state index contributed by atoms with van der Waals surface area (Å²) < 4.78 is 1.86. The lowest BCUT2D eigenvalue weighted by Crippen LogP contribution is -2.30. The summed E-state index contributed by atoms with van der Waals surface area (Å²) in [6, 6.07) is 7.30. The van der Waals surface area contributed by atoms with Crippen LogP contribution in [-0.2, 0) is 0 Å². The van der Waals surface area contributed by atoms with E-state index in [0.29, 0.717) is 5.56 Å². The molecule has 0 radical (unpaired) electrons. The van der Waals surface area contributed by atoms with Gasteiger partial charge in [-0.2, -0.15) is 0 Å². The number of aliphatic hydroxyl groups excluding tert-OH is 1. The van der Waals surface area contributed by atoms with Gasteiger partial charge in [-0.15, -0.1) is 0 Å². The first kappa shape index (κ1) is 12.3. The average Bonchev–Trinajstić information content (AvgIpc) is 2.90. The Balaban J connectivity index is 2.06. The predicted molar refractivity (Wildman–Crippen MR) is 67.6 cm³/mol. The second-order valence-corrected chi connectivity index (χ2v) is 4.05. The van der Waals surface area contributed by atoms with Gasteiger partial charge >= 0.3 is 0 Å². The third kappa shape index (κ3) is 2.95. The summed E-state index contributed by atoms with van der Waals surface area (Å²) in [5.74, 6) is 0.523. The van der Waals surface area contributed by atoms with E-state index in [1.807, 2.05) is 29.1 Å². The molecule has 2 aromatic rings. The van der Waals surface area contributed by atoms with Gasteiger partial charge in [0, 0.05) is 25.1 Å². The molecule has 0 aliphatic rings. The molecule has 5 nitrogen and oxygen atoms in total. The number of carbonyl (C=O) groups excluding carboxylic acids is 1. The van der Waals surface area contributed by atoms with E-state index in [9.17, 15) is 4.79 Å². The smallest absolute Gasteiger partial charge is 0.252 e. The fourth-order valence-electron chi connectivity index (χ4n) is 1.50. The lowest BCUT2D eigenvalue weighted by molar-refractivity contribution is 0.0923. The SMILES string of the molecule is CC(O)CNC(=O)c1ccc(-n2cccc2)nc1. The fraction of sp³-hybridized carbons (Fsp3) is 0.231. The summed E-state index contributed by atoms with van der Waals surface area (Å²) in [5, 5.41) is 11.7. The van der Waals surface area contributed by atoms with E-state index in [4.69, 9.17) is 5.11 Å². The lowest BCUT2D eigenvalue weighted by Gasteiger charge is -2.07. The van der Waals surface area contributed by atoms with Crippen LogP contribution < -0.4 is 5.32 Å². The number of hydrogen-bond donors (Lipinski definition) is 2. The Morgan fingerprint density at radius 2 is 2.17 bits per heavy atom. The molecule has 2 aromatic heterocycles. The maximum atomic E-state index is 11.7. The second-order valence-electron chi connectivity index (χ2n) is 4.05. The topological polar surface area (TPSA) is 67.2 Å². The molecule has 18 heavy (non-hydrogen) atoms. The van der Waals surface area contributed by atoms with Crippen molar-refractivity contribution in [2.75, 3.05) is 6.54 Å². The minimum Gasteiger partial charge on any atom is -0.392 e. The highest BCUT2D eigenvalue weighted by Crippen LogP contribution is 2.06. The molecule has 0 fully saturated rings. The van der Waals surface area contributed by atoms with Crippen LogP contribution in [0.1, 0.15) is 17.3 Å². The van der Waals surface area contributed by atoms with Gasteiger partial charge in [0.2, 0.25) is 0 Å². The van der Waals surface area contributed by atoms with Crippen molar-refractivity contribution >= 4 is 5.91 Å². The zero-order chi connectivity index (χ0) is 13.0. The van der Waals surface area contributed by atoms with Gasteiger partial charge in [0.05, 0.1) is 11.7 Å². The summed E-state index contributed by atoms with van der Waals surface area (Å²) in [4.78, 5) is 15.9. The lowest BCUT2D eigenvalue weighted by atomic mass is 10.2. The van der Waals surface area contributed by atoms with E-state index in [-0.39, 0.29) is 12.5 Å². The summed E-state index contributed by atoms with van der Waals surface area (Å²) >= 11 is 0. The molecule has 0 saturated carbocycles. The molecule has 1 unspecified atom stereocenters. The third-order valence-electron chi connectivity index (χ3n) is 2.44. The quantitative estimate of drug-likeness (QED) is 0.844. The maximum absolute atomic E-state index is 11.7. The maximum Gasteiger partial charge on any atom is 0.252 e. The van der Waals surface area contributed by atoms with Crippen molar-refractivity contribution in [1.29, 1.82) is 0 Å². The molecule has 0 saturated heterocycles.